The minimum Gasteiger partial charge on any atom is -0.489 e. The summed E-state index contributed by atoms with van der Waals surface area (Å²) in [6, 6.07) is 13.9. The molecule has 0 spiro atoms. The number of rotatable bonds is 8. The highest BCUT2D eigenvalue weighted by molar-refractivity contribution is 6.31. The lowest BCUT2D eigenvalue weighted by Gasteiger charge is -2.32. The van der Waals surface area contributed by atoms with Crippen LogP contribution in [0.3, 0.4) is 0 Å². The van der Waals surface area contributed by atoms with Crippen molar-refractivity contribution in [2.75, 3.05) is 26.2 Å². The summed E-state index contributed by atoms with van der Waals surface area (Å²) in [5.41, 5.74) is 3.29. The predicted molar refractivity (Wildman–Crippen MR) is 116 cm³/mol. The van der Waals surface area contributed by atoms with Crippen molar-refractivity contribution in [3.05, 3.63) is 64.2 Å². The van der Waals surface area contributed by atoms with Crippen LogP contribution >= 0.6 is 24.0 Å². The molecule has 3 rings (SSSR count). The Morgan fingerprint density at radius 1 is 1.28 bits per heavy atom. The number of benzene rings is 2. The average molecular weight is 440 g/mol. The van der Waals surface area contributed by atoms with Crippen molar-refractivity contribution in [2.24, 2.45) is 0 Å². The van der Waals surface area contributed by atoms with Gasteiger partial charge in [0, 0.05) is 30.2 Å². The fourth-order valence-electron chi connectivity index (χ4n) is 3.26. The van der Waals surface area contributed by atoms with Crippen molar-refractivity contribution < 1.29 is 19.4 Å². The van der Waals surface area contributed by atoms with Gasteiger partial charge in [0.05, 0.1) is 19.1 Å². The van der Waals surface area contributed by atoms with E-state index in [2.05, 4.69) is 17.9 Å². The molecule has 1 unspecified atom stereocenters. The van der Waals surface area contributed by atoms with Gasteiger partial charge in [-0.3, -0.25) is 9.69 Å². The SMILES string of the molecule is CCc1ccc(Cl)c(COc2ccc(C3CN(CCC(=O)O)CCO3)cc2)c1.Cl. The van der Waals surface area contributed by atoms with Crippen LogP contribution in [0.1, 0.15) is 36.1 Å². The van der Waals surface area contributed by atoms with E-state index in [1.165, 1.54) is 5.56 Å². The van der Waals surface area contributed by atoms with Gasteiger partial charge in [0.2, 0.25) is 0 Å². The highest BCUT2D eigenvalue weighted by Crippen LogP contribution is 2.26. The molecule has 1 aliphatic heterocycles. The molecule has 1 saturated heterocycles. The first-order valence-electron chi connectivity index (χ1n) is 9.61. The molecular weight excluding hydrogens is 413 g/mol. The van der Waals surface area contributed by atoms with Crippen molar-refractivity contribution >= 4 is 30.0 Å². The van der Waals surface area contributed by atoms with Gasteiger partial charge in [0.1, 0.15) is 12.4 Å². The van der Waals surface area contributed by atoms with Crippen LogP contribution in [0.25, 0.3) is 0 Å². The fraction of sp³-hybridized carbons (Fsp3) is 0.409. The van der Waals surface area contributed by atoms with E-state index in [1.807, 2.05) is 36.4 Å². The van der Waals surface area contributed by atoms with Crippen LogP contribution in [0, 0.1) is 0 Å². The third-order valence-corrected chi connectivity index (χ3v) is 5.33. The molecule has 1 aliphatic rings. The monoisotopic (exact) mass is 439 g/mol. The molecule has 0 radical (unpaired) electrons. The van der Waals surface area contributed by atoms with Crippen LogP contribution in [0.5, 0.6) is 5.75 Å². The van der Waals surface area contributed by atoms with E-state index in [0.29, 0.717) is 31.3 Å². The first-order valence-corrected chi connectivity index (χ1v) is 9.98. The van der Waals surface area contributed by atoms with Crippen molar-refractivity contribution in [2.45, 2.75) is 32.5 Å². The second kappa shape index (κ2) is 11.4. The van der Waals surface area contributed by atoms with Crippen molar-refractivity contribution in [3.8, 4) is 5.75 Å². The van der Waals surface area contributed by atoms with Gasteiger partial charge in [0.25, 0.3) is 0 Å². The van der Waals surface area contributed by atoms with Crippen molar-refractivity contribution in [3.63, 3.8) is 0 Å². The Labute approximate surface area is 183 Å². The Kier molecular flexibility index (Phi) is 9.24. The highest BCUT2D eigenvalue weighted by Gasteiger charge is 2.22. The Morgan fingerprint density at radius 3 is 2.72 bits per heavy atom. The molecule has 1 N–H and O–H groups in total. The average Bonchev–Trinajstić information content (AvgIpc) is 2.72. The van der Waals surface area contributed by atoms with E-state index < -0.39 is 5.97 Å². The maximum atomic E-state index is 10.8. The largest absolute Gasteiger partial charge is 0.489 e. The second-order valence-electron chi connectivity index (χ2n) is 6.94. The molecule has 158 valence electrons. The Bertz CT molecular complexity index is 798. The lowest BCUT2D eigenvalue weighted by atomic mass is 10.1. The van der Waals surface area contributed by atoms with Crippen LogP contribution in [-0.2, 0) is 22.6 Å². The summed E-state index contributed by atoms with van der Waals surface area (Å²) < 4.78 is 11.8. The normalized spacial score (nSPS) is 16.8. The molecule has 0 amide bonds. The molecular formula is C22H27Cl2NO4. The predicted octanol–water partition coefficient (Wildman–Crippen LogP) is 4.75. The number of ether oxygens (including phenoxy) is 2. The van der Waals surface area contributed by atoms with Gasteiger partial charge in [0.15, 0.2) is 0 Å². The third-order valence-electron chi connectivity index (χ3n) is 4.96. The topological polar surface area (TPSA) is 59.0 Å². The van der Waals surface area contributed by atoms with E-state index in [1.54, 1.807) is 0 Å². The standard InChI is InChI=1S/C22H26ClNO4.ClH/c1-2-16-3-8-20(23)18(13-16)15-28-19-6-4-17(5-7-19)21-14-24(11-12-27-21)10-9-22(25)26;/h3-8,13,21H,2,9-12,14-15H2,1H3,(H,25,26);1H. The zero-order valence-corrected chi connectivity index (χ0v) is 18.0. The number of hydrogen-bond donors (Lipinski definition) is 1. The van der Waals surface area contributed by atoms with Gasteiger partial charge in [-0.05, 0) is 35.7 Å². The summed E-state index contributed by atoms with van der Waals surface area (Å²) in [6.07, 6.45) is 1.07. The highest BCUT2D eigenvalue weighted by atomic mass is 35.5. The Morgan fingerprint density at radius 2 is 2.03 bits per heavy atom. The van der Waals surface area contributed by atoms with Gasteiger partial charge in [-0.15, -0.1) is 12.4 Å². The number of carbonyl (C=O) groups is 1. The van der Waals surface area contributed by atoms with Gasteiger partial charge >= 0.3 is 5.97 Å². The molecule has 7 heteroatoms. The molecule has 29 heavy (non-hydrogen) atoms. The minimum atomic E-state index is -0.769. The third kappa shape index (κ3) is 6.89. The number of aliphatic carboxylic acids is 1. The van der Waals surface area contributed by atoms with Crippen molar-refractivity contribution in [1.29, 1.82) is 0 Å². The van der Waals surface area contributed by atoms with Crippen LogP contribution < -0.4 is 4.74 Å². The zero-order valence-electron chi connectivity index (χ0n) is 16.5. The number of carboxylic acids is 1. The molecule has 1 heterocycles. The molecule has 0 bridgehead atoms. The lowest BCUT2D eigenvalue weighted by molar-refractivity contribution is -0.137. The van der Waals surface area contributed by atoms with E-state index in [9.17, 15) is 4.79 Å². The van der Waals surface area contributed by atoms with Crippen molar-refractivity contribution in [1.82, 2.24) is 4.90 Å². The van der Waals surface area contributed by atoms with Gasteiger partial charge < -0.3 is 14.6 Å². The number of aryl methyl sites for hydroxylation is 1. The quantitative estimate of drug-likeness (QED) is 0.642. The number of hydrogen-bond acceptors (Lipinski definition) is 4. The molecule has 1 atom stereocenters. The number of carboxylic acid groups (broad SMARTS) is 1. The number of nitrogens with zero attached hydrogens (tertiary/aromatic N) is 1. The lowest BCUT2D eigenvalue weighted by Crippen LogP contribution is -2.39. The summed E-state index contributed by atoms with van der Waals surface area (Å²) in [5.74, 6) is 0.00869. The second-order valence-corrected chi connectivity index (χ2v) is 7.35. The minimum absolute atomic E-state index is 0. The molecule has 0 aromatic heterocycles. The summed E-state index contributed by atoms with van der Waals surface area (Å²) in [4.78, 5) is 12.9. The smallest absolute Gasteiger partial charge is 0.304 e. The van der Waals surface area contributed by atoms with Crippen LogP contribution in [0.4, 0.5) is 0 Å². The summed E-state index contributed by atoms with van der Waals surface area (Å²) in [5, 5.41) is 9.57. The Hall–Kier alpha value is -1.79. The molecule has 1 fully saturated rings. The number of halogens is 2. The van der Waals surface area contributed by atoms with E-state index in [-0.39, 0.29) is 24.9 Å². The summed E-state index contributed by atoms with van der Waals surface area (Å²) in [6.45, 7) is 5.16. The maximum Gasteiger partial charge on any atom is 0.304 e. The molecule has 0 aliphatic carbocycles. The zero-order chi connectivity index (χ0) is 19.9. The molecule has 0 saturated carbocycles. The molecule has 2 aromatic carbocycles. The van der Waals surface area contributed by atoms with Gasteiger partial charge in [-0.1, -0.05) is 42.8 Å². The summed E-state index contributed by atoms with van der Waals surface area (Å²) in [7, 11) is 0. The maximum absolute atomic E-state index is 10.8. The van der Waals surface area contributed by atoms with Crippen LogP contribution in [0.2, 0.25) is 5.02 Å². The fourth-order valence-corrected chi connectivity index (χ4v) is 3.43. The van der Waals surface area contributed by atoms with E-state index in [0.717, 1.165) is 29.8 Å². The first kappa shape index (κ1) is 23.5. The first-order chi connectivity index (χ1) is 13.5. The molecule has 2 aromatic rings. The molecule has 5 nitrogen and oxygen atoms in total. The van der Waals surface area contributed by atoms with Gasteiger partial charge in [-0.25, -0.2) is 0 Å². The van der Waals surface area contributed by atoms with E-state index in [4.69, 9.17) is 26.2 Å². The summed E-state index contributed by atoms with van der Waals surface area (Å²) >= 11 is 6.27. The number of morpholine rings is 1. The Balaban J connectivity index is 0.00000300. The van der Waals surface area contributed by atoms with Gasteiger partial charge in [-0.2, -0.15) is 0 Å². The van der Waals surface area contributed by atoms with Crippen LogP contribution in [0.15, 0.2) is 42.5 Å². The van der Waals surface area contributed by atoms with Crippen LogP contribution in [-0.4, -0.2) is 42.2 Å². The van der Waals surface area contributed by atoms with E-state index >= 15 is 0 Å².